The maximum atomic E-state index is 9.19. The van der Waals surface area contributed by atoms with Crippen molar-refractivity contribution in [1.82, 2.24) is 9.78 Å². The molecule has 1 fully saturated rings. The first-order valence-electron chi connectivity index (χ1n) is 5.98. The third kappa shape index (κ3) is 1.82. The van der Waals surface area contributed by atoms with Gasteiger partial charge in [-0.2, -0.15) is 10.4 Å². The molecule has 92 valence electrons. The zero-order chi connectivity index (χ0) is 12.5. The van der Waals surface area contributed by atoms with Crippen LogP contribution in [0, 0.1) is 11.3 Å². The lowest BCUT2D eigenvalue weighted by molar-refractivity contribution is -0.0366. The molecule has 0 spiro atoms. The summed E-state index contributed by atoms with van der Waals surface area (Å²) in [6, 6.07) is 6.08. The standard InChI is InChI=1S/C13H12BrN3O/c14-11-4-5-12-10(9(11)7-15)8-16-17(12)13-3-1-2-6-18-13/h4-5,8,13H,1-3,6H2. The van der Waals surface area contributed by atoms with Crippen molar-refractivity contribution in [3.8, 4) is 6.07 Å². The minimum Gasteiger partial charge on any atom is -0.356 e. The predicted octanol–water partition coefficient (Wildman–Crippen LogP) is 3.37. The summed E-state index contributed by atoms with van der Waals surface area (Å²) in [6.45, 7) is 0.785. The van der Waals surface area contributed by atoms with Gasteiger partial charge in [0.15, 0.2) is 6.23 Å². The van der Waals surface area contributed by atoms with Crippen LogP contribution in [0.4, 0.5) is 0 Å². The summed E-state index contributed by atoms with van der Waals surface area (Å²) in [5.74, 6) is 0. The van der Waals surface area contributed by atoms with Gasteiger partial charge in [0.2, 0.25) is 0 Å². The Kier molecular flexibility index (Phi) is 3.06. The fraction of sp³-hybridized carbons (Fsp3) is 0.385. The van der Waals surface area contributed by atoms with Crippen molar-refractivity contribution in [2.75, 3.05) is 6.61 Å². The number of hydrogen-bond acceptors (Lipinski definition) is 3. The van der Waals surface area contributed by atoms with Crippen molar-refractivity contribution >= 4 is 26.8 Å². The predicted molar refractivity (Wildman–Crippen MR) is 71.0 cm³/mol. The van der Waals surface area contributed by atoms with Crippen molar-refractivity contribution in [1.29, 1.82) is 5.26 Å². The number of hydrogen-bond donors (Lipinski definition) is 0. The summed E-state index contributed by atoms with van der Waals surface area (Å²) >= 11 is 3.39. The van der Waals surface area contributed by atoms with E-state index in [2.05, 4.69) is 27.1 Å². The summed E-state index contributed by atoms with van der Waals surface area (Å²) in [4.78, 5) is 0. The molecule has 0 radical (unpaired) electrons. The molecule has 1 atom stereocenters. The van der Waals surface area contributed by atoms with Crippen molar-refractivity contribution < 1.29 is 4.74 Å². The lowest BCUT2D eigenvalue weighted by atomic mass is 10.1. The molecule has 3 rings (SSSR count). The molecule has 5 heteroatoms. The van der Waals surface area contributed by atoms with Crippen LogP contribution in [-0.4, -0.2) is 16.4 Å². The molecule has 1 unspecified atom stereocenters. The maximum Gasteiger partial charge on any atom is 0.150 e. The van der Waals surface area contributed by atoms with E-state index in [1.54, 1.807) is 6.20 Å². The Morgan fingerprint density at radius 1 is 1.44 bits per heavy atom. The Balaban J connectivity index is 2.12. The molecule has 4 nitrogen and oxygen atoms in total. The molecular formula is C13H12BrN3O. The number of rotatable bonds is 1. The quantitative estimate of drug-likeness (QED) is 0.811. The summed E-state index contributed by atoms with van der Waals surface area (Å²) in [5, 5.41) is 14.5. The van der Waals surface area contributed by atoms with Gasteiger partial charge in [-0.3, -0.25) is 0 Å². The molecule has 0 N–H and O–H groups in total. The number of benzene rings is 1. The van der Waals surface area contributed by atoms with Gasteiger partial charge in [-0.05, 0) is 47.3 Å². The molecule has 0 amide bonds. The van der Waals surface area contributed by atoms with Crippen molar-refractivity contribution in [2.45, 2.75) is 25.5 Å². The van der Waals surface area contributed by atoms with Crippen LogP contribution in [0.3, 0.4) is 0 Å². The molecule has 0 aliphatic carbocycles. The molecular weight excluding hydrogens is 294 g/mol. The molecule has 1 aliphatic heterocycles. The van der Waals surface area contributed by atoms with Crippen molar-refractivity contribution in [3.63, 3.8) is 0 Å². The minimum absolute atomic E-state index is 0.00367. The summed E-state index contributed by atoms with van der Waals surface area (Å²) in [6.07, 6.45) is 5.01. The second-order valence-electron chi connectivity index (χ2n) is 4.38. The molecule has 0 saturated carbocycles. The van der Waals surface area contributed by atoms with Crippen LogP contribution in [0.25, 0.3) is 10.9 Å². The molecule has 0 bridgehead atoms. The van der Waals surface area contributed by atoms with E-state index in [1.807, 2.05) is 16.8 Å². The normalized spacial score (nSPS) is 19.9. The number of nitriles is 1. The lowest BCUT2D eigenvalue weighted by Gasteiger charge is -2.23. The van der Waals surface area contributed by atoms with E-state index in [0.29, 0.717) is 5.56 Å². The van der Waals surface area contributed by atoms with Gasteiger partial charge in [0.25, 0.3) is 0 Å². The van der Waals surface area contributed by atoms with Crippen LogP contribution in [0.2, 0.25) is 0 Å². The van der Waals surface area contributed by atoms with Gasteiger partial charge >= 0.3 is 0 Å². The van der Waals surface area contributed by atoms with E-state index in [1.165, 1.54) is 0 Å². The topological polar surface area (TPSA) is 50.8 Å². The van der Waals surface area contributed by atoms with Crippen LogP contribution in [0.1, 0.15) is 31.1 Å². The van der Waals surface area contributed by atoms with Gasteiger partial charge < -0.3 is 4.74 Å². The largest absolute Gasteiger partial charge is 0.356 e. The fourth-order valence-corrected chi connectivity index (χ4v) is 2.79. The van der Waals surface area contributed by atoms with Gasteiger partial charge in [-0.15, -0.1) is 0 Å². The minimum atomic E-state index is 0.00367. The third-order valence-electron chi connectivity index (χ3n) is 3.27. The monoisotopic (exact) mass is 305 g/mol. The zero-order valence-electron chi connectivity index (χ0n) is 9.77. The Hall–Kier alpha value is -1.38. The highest BCUT2D eigenvalue weighted by molar-refractivity contribution is 9.10. The fourth-order valence-electron chi connectivity index (χ4n) is 2.35. The number of fused-ring (bicyclic) bond motifs is 1. The maximum absolute atomic E-state index is 9.19. The smallest absolute Gasteiger partial charge is 0.150 e. The first-order chi connectivity index (χ1) is 8.81. The Bertz CT molecular complexity index is 623. The first kappa shape index (κ1) is 11.7. The molecule has 2 heterocycles. The number of ether oxygens (including phenoxy) is 1. The van der Waals surface area contributed by atoms with E-state index >= 15 is 0 Å². The number of aromatic nitrogens is 2. The van der Waals surface area contributed by atoms with E-state index in [9.17, 15) is 5.26 Å². The van der Waals surface area contributed by atoms with Gasteiger partial charge in [0, 0.05) is 16.5 Å². The van der Waals surface area contributed by atoms with Crippen LogP contribution in [0.5, 0.6) is 0 Å². The lowest BCUT2D eigenvalue weighted by Crippen LogP contribution is -2.18. The summed E-state index contributed by atoms with van der Waals surface area (Å²) < 4.78 is 8.44. The van der Waals surface area contributed by atoms with Gasteiger partial charge in [0.1, 0.15) is 6.07 Å². The second kappa shape index (κ2) is 4.71. The van der Waals surface area contributed by atoms with Crippen LogP contribution in [-0.2, 0) is 4.74 Å². The highest BCUT2D eigenvalue weighted by Crippen LogP contribution is 2.30. The summed E-state index contributed by atoms with van der Waals surface area (Å²) in [5.41, 5.74) is 1.59. The average molecular weight is 306 g/mol. The van der Waals surface area contributed by atoms with Crippen molar-refractivity contribution in [2.24, 2.45) is 0 Å². The molecule has 2 aromatic rings. The van der Waals surface area contributed by atoms with Crippen LogP contribution >= 0.6 is 15.9 Å². The molecule has 1 aromatic carbocycles. The van der Waals surface area contributed by atoms with Gasteiger partial charge in [-0.25, -0.2) is 4.68 Å². The van der Waals surface area contributed by atoms with Crippen molar-refractivity contribution in [3.05, 3.63) is 28.4 Å². The average Bonchev–Trinajstić information content (AvgIpc) is 2.83. The summed E-state index contributed by atoms with van der Waals surface area (Å²) in [7, 11) is 0. The molecule has 1 aromatic heterocycles. The second-order valence-corrected chi connectivity index (χ2v) is 5.23. The Labute approximate surface area is 113 Å². The molecule has 1 aliphatic rings. The van der Waals surface area contributed by atoms with E-state index in [0.717, 1.165) is 41.2 Å². The Morgan fingerprint density at radius 3 is 3.06 bits per heavy atom. The zero-order valence-corrected chi connectivity index (χ0v) is 11.4. The number of nitrogens with zero attached hydrogens (tertiary/aromatic N) is 3. The van der Waals surface area contributed by atoms with E-state index < -0.39 is 0 Å². The van der Waals surface area contributed by atoms with Gasteiger partial charge in [-0.1, -0.05) is 0 Å². The highest BCUT2D eigenvalue weighted by atomic mass is 79.9. The SMILES string of the molecule is N#Cc1c(Br)ccc2c1cnn2C1CCCCO1. The third-order valence-corrected chi connectivity index (χ3v) is 3.93. The first-order valence-corrected chi connectivity index (χ1v) is 6.78. The van der Waals surface area contributed by atoms with E-state index in [4.69, 9.17) is 4.74 Å². The van der Waals surface area contributed by atoms with E-state index in [-0.39, 0.29) is 6.23 Å². The van der Waals surface area contributed by atoms with Gasteiger partial charge in [0.05, 0.1) is 17.3 Å². The molecule has 1 saturated heterocycles. The number of halogens is 1. The van der Waals surface area contributed by atoms with Crippen LogP contribution in [0.15, 0.2) is 22.8 Å². The molecule has 18 heavy (non-hydrogen) atoms. The Morgan fingerprint density at radius 2 is 2.33 bits per heavy atom. The highest BCUT2D eigenvalue weighted by Gasteiger charge is 2.19. The van der Waals surface area contributed by atoms with Crippen LogP contribution < -0.4 is 0 Å².